The van der Waals surface area contributed by atoms with Gasteiger partial charge in [-0.3, -0.25) is 4.98 Å². The second kappa shape index (κ2) is 5.65. The van der Waals surface area contributed by atoms with Crippen molar-refractivity contribution in [3.8, 4) is 0 Å². The highest BCUT2D eigenvalue weighted by atomic mass is 15.2. The van der Waals surface area contributed by atoms with Gasteiger partial charge in [0.2, 0.25) is 0 Å². The molecule has 0 saturated carbocycles. The predicted octanol–water partition coefficient (Wildman–Crippen LogP) is 3.20. The van der Waals surface area contributed by atoms with E-state index in [-0.39, 0.29) is 0 Å². The Balaban J connectivity index is 1.87. The molecule has 2 heterocycles. The molecule has 3 rings (SSSR count). The molecule has 0 bridgehead atoms. The minimum absolute atomic E-state index is 0.659. The van der Waals surface area contributed by atoms with E-state index in [0.29, 0.717) is 6.54 Å². The Morgan fingerprint density at radius 3 is 2.90 bits per heavy atom. The summed E-state index contributed by atoms with van der Waals surface area (Å²) in [6, 6.07) is 12.2. The summed E-state index contributed by atoms with van der Waals surface area (Å²) >= 11 is 0. The Morgan fingerprint density at radius 1 is 1.10 bits per heavy atom. The molecule has 0 fully saturated rings. The van der Waals surface area contributed by atoms with Crippen molar-refractivity contribution in [3.05, 3.63) is 60.0 Å². The number of fused-ring (bicyclic) bond motifs is 1. The van der Waals surface area contributed by atoms with Gasteiger partial charge in [-0.2, -0.15) is 5.10 Å². The number of aryl methyl sites for hydroxylation is 1. The Labute approximate surface area is 117 Å². The van der Waals surface area contributed by atoms with Crippen molar-refractivity contribution in [3.63, 3.8) is 0 Å². The molecule has 1 N–H and O–H groups in total. The van der Waals surface area contributed by atoms with Crippen LogP contribution in [0.15, 0.2) is 48.8 Å². The van der Waals surface area contributed by atoms with Crippen LogP contribution in [0.25, 0.3) is 10.8 Å². The summed E-state index contributed by atoms with van der Waals surface area (Å²) in [5.74, 6) is 0.802. The second-order valence-corrected chi connectivity index (χ2v) is 4.60. The maximum Gasteiger partial charge on any atom is 0.156 e. The molecule has 0 unspecified atom stereocenters. The molecule has 4 nitrogen and oxygen atoms in total. The number of nitrogens with zero attached hydrogens (tertiary/aromatic N) is 3. The van der Waals surface area contributed by atoms with Gasteiger partial charge in [-0.1, -0.05) is 37.3 Å². The van der Waals surface area contributed by atoms with Gasteiger partial charge in [-0.05, 0) is 18.1 Å². The van der Waals surface area contributed by atoms with Gasteiger partial charge in [0.1, 0.15) is 0 Å². The summed E-state index contributed by atoms with van der Waals surface area (Å²) in [6.07, 6.45) is 4.58. The molecule has 0 spiro atoms. The summed E-state index contributed by atoms with van der Waals surface area (Å²) in [6.45, 7) is 2.80. The standard InChI is InChI=1S/C16H16N4/c1-2-12-7-5-9-17-15(12)11-18-16-14-8-4-3-6-13(14)10-19-20-16/h3-10H,2,11H2,1H3,(H,18,20). The zero-order chi connectivity index (χ0) is 13.8. The van der Waals surface area contributed by atoms with Gasteiger partial charge in [-0.25, -0.2) is 0 Å². The summed E-state index contributed by atoms with van der Waals surface area (Å²) in [4.78, 5) is 4.43. The minimum Gasteiger partial charge on any atom is -0.362 e. The number of nitrogens with one attached hydrogen (secondary N) is 1. The Hall–Kier alpha value is -2.49. The molecular formula is C16H16N4. The molecule has 0 aliphatic rings. The van der Waals surface area contributed by atoms with Crippen LogP contribution in [-0.4, -0.2) is 15.2 Å². The minimum atomic E-state index is 0.659. The molecule has 100 valence electrons. The summed E-state index contributed by atoms with van der Waals surface area (Å²) in [5, 5.41) is 13.7. The van der Waals surface area contributed by atoms with Crippen LogP contribution in [0.3, 0.4) is 0 Å². The van der Waals surface area contributed by atoms with Crippen LogP contribution in [0, 0.1) is 0 Å². The first-order valence-corrected chi connectivity index (χ1v) is 6.75. The molecule has 0 radical (unpaired) electrons. The van der Waals surface area contributed by atoms with Gasteiger partial charge >= 0.3 is 0 Å². The van der Waals surface area contributed by atoms with Crippen molar-refractivity contribution in [2.45, 2.75) is 19.9 Å². The Bertz CT molecular complexity index is 719. The third kappa shape index (κ3) is 2.45. The Kier molecular flexibility index (Phi) is 3.54. The number of hydrogen-bond acceptors (Lipinski definition) is 4. The van der Waals surface area contributed by atoms with Crippen LogP contribution in [0.2, 0.25) is 0 Å². The summed E-state index contributed by atoms with van der Waals surface area (Å²) in [7, 11) is 0. The van der Waals surface area contributed by atoms with Gasteiger partial charge in [-0.15, -0.1) is 5.10 Å². The van der Waals surface area contributed by atoms with Crippen LogP contribution in [0.1, 0.15) is 18.2 Å². The molecule has 3 aromatic rings. The molecule has 0 aliphatic heterocycles. The van der Waals surface area contributed by atoms with Crippen molar-refractivity contribution in [2.75, 3.05) is 5.32 Å². The van der Waals surface area contributed by atoms with E-state index in [0.717, 1.165) is 28.7 Å². The van der Waals surface area contributed by atoms with Crippen molar-refractivity contribution in [1.29, 1.82) is 0 Å². The molecule has 0 aliphatic carbocycles. The largest absolute Gasteiger partial charge is 0.362 e. The summed E-state index contributed by atoms with van der Waals surface area (Å²) in [5.41, 5.74) is 2.32. The first-order valence-electron chi connectivity index (χ1n) is 6.75. The van der Waals surface area contributed by atoms with Gasteiger partial charge in [0.15, 0.2) is 5.82 Å². The zero-order valence-corrected chi connectivity index (χ0v) is 11.4. The molecule has 2 aromatic heterocycles. The average molecular weight is 264 g/mol. The first-order chi connectivity index (χ1) is 9.88. The highest BCUT2D eigenvalue weighted by Gasteiger charge is 2.05. The molecule has 0 atom stereocenters. The first kappa shape index (κ1) is 12.5. The van der Waals surface area contributed by atoms with E-state index in [9.17, 15) is 0 Å². The van der Waals surface area contributed by atoms with Gasteiger partial charge in [0.05, 0.1) is 18.4 Å². The van der Waals surface area contributed by atoms with E-state index >= 15 is 0 Å². The third-order valence-electron chi connectivity index (χ3n) is 3.36. The van der Waals surface area contributed by atoms with Crippen LogP contribution in [0.4, 0.5) is 5.82 Å². The van der Waals surface area contributed by atoms with Crippen LogP contribution in [-0.2, 0) is 13.0 Å². The number of hydrogen-bond donors (Lipinski definition) is 1. The smallest absolute Gasteiger partial charge is 0.156 e. The van der Waals surface area contributed by atoms with E-state index in [1.807, 2.05) is 36.5 Å². The second-order valence-electron chi connectivity index (χ2n) is 4.60. The van der Waals surface area contributed by atoms with E-state index < -0.39 is 0 Å². The molecule has 4 heteroatoms. The van der Waals surface area contributed by atoms with Crippen molar-refractivity contribution < 1.29 is 0 Å². The molecule has 0 amide bonds. The van der Waals surface area contributed by atoms with E-state index in [2.05, 4.69) is 33.5 Å². The highest BCUT2D eigenvalue weighted by molar-refractivity contribution is 5.90. The molecule has 0 saturated heterocycles. The fourth-order valence-corrected chi connectivity index (χ4v) is 2.28. The average Bonchev–Trinajstić information content (AvgIpc) is 2.53. The number of anilines is 1. The van der Waals surface area contributed by atoms with Crippen molar-refractivity contribution in [2.24, 2.45) is 0 Å². The normalized spacial score (nSPS) is 10.7. The van der Waals surface area contributed by atoms with Crippen LogP contribution >= 0.6 is 0 Å². The van der Waals surface area contributed by atoms with Crippen molar-refractivity contribution >= 4 is 16.6 Å². The number of rotatable bonds is 4. The maximum absolute atomic E-state index is 4.43. The monoisotopic (exact) mass is 264 g/mol. The fourth-order valence-electron chi connectivity index (χ4n) is 2.28. The highest BCUT2D eigenvalue weighted by Crippen LogP contribution is 2.20. The van der Waals surface area contributed by atoms with Crippen LogP contribution < -0.4 is 5.32 Å². The predicted molar refractivity (Wildman–Crippen MR) is 80.5 cm³/mol. The number of benzene rings is 1. The number of aromatic nitrogens is 3. The molecular weight excluding hydrogens is 248 g/mol. The fraction of sp³-hybridized carbons (Fsp3) is 0.188. The maximum atomic E-state index is 4.43. The lowest BCUT2D eigenvalue weighted by Gasteiger charge is -2.09. The van der Waals surface area contributed by atoms with E-state index in [1.54, 1.807) is 6.20 Å². The van der Waals surface area contributed by atoms with E-state index in [4.69, 9.17) is 0 Å². The van der Waals surface area contributed by atoms with Crippen molar-refractivity contribution in [1.82, 2.24) is 15.2 Å². The third-order valence-corrected chi connectivity index (χ3v) is 3.36. The van der Waals surface area contributed by atoms with Gasteiger partial charge in [0, 0.05) is 17.0 Å². The topological polar surface area (TPSA) is 50.7 Å². The number of pyridine rings is 1. The van der Waals surface area contributed by atoms with Gasteiger partial charge in [0.25, 0.3) is 0 Å². The molecule has 1 aromatic carbocycles. The lowest BCUT2D eigenvalue weighted by atomic mass is 10.1. The SMILES string of the molecule is CCc1cccnc1CNc1nncc2ccccc12. The van der Waals surface area contributed by atoms with E-state index in [1.165, 1.54) is 5.56 Å². The Morgan fingerprint density at radius 2 is 2.00 bits per heavy atom. The zero-order valence-electron chi connectivity index (χ0n) is 11.4. The summed E-state index contributed by atoms with van der Waals surface area (Å²) < 4.78 is 0. The van der Waals surface area contributed by atoms with Gasteiger partial charge < -0.3 is 5.32 Å². The van der Waals surface area contributed by atoms with Crippen LogP contribution in [0.5, 0.6) is 0 Å². The lowest BCUT2D eigenvalue weighted by molar-refractivity contribution is 0.951. The lowest BCUT2D eigenvalue weighted by Crippen LogP contribution is -2.07. The quantitative estimate of drug-likeness (QED) is 0.786. The molecule has 20 heavy (non-hydrogen) atoms.